The number of fused-ring (bicyclic) bond motifs is 1. The number of para-hydroxylation sites is 1. The van der Waals surface area contributed by atoms with Crippen LogP contribution in [0, 0.1) is 11.8 Å². The first-order chi connectivity index (χ1) is 14.1. The number of ether oxygens (including phenoxy) is 1. The number of allylic oxidation sites excluding steroid dienone is 1. The third kappa shape index (κ3) is 3.80. The average Bonchev–Trinajstić information content (AvgIpc) is 3.02. The zero-order chi connectivity index (χ0) is 20.2. The fraction of sp³-hybridized carbons (Fsp3) is 0.0400. The van der Waals surface area contributed by atoms with Crippen LogP contribution in [0.15, 0.2) is 84.9 Å². The van der Waals surface area contributed by atoms with Crippen molar-refractivity contribution in [3.63, 3.8) is 0 Å². The molecule has 140 valence electrons. The van der Waals surface area contributed by atoms with Gasteiger partial charge in [-0.3, -0.25) is 14.5 Å². The Labute approximate surface area is 169 Å². The lowest BCUT2D eigenvalue weighted by Crippen LogP contribution is -2.22. The number of carbonyl (C=O) groups excluding carboxylic acids is 2. The molecule has 1 aliphatic rings. The van der Waals surface area contributed by atoms with Crippen LogP contribution in [0.3, 0.4) is 0 Å². The number of hydrogen-bond acceptors (Lipinski definition) is 3. The highest BCUT2D eigenvalue weighted by atomic mass is 16.5. The summed E-state index contributed by atoms with van der Waals surface area (Å²) in [6.45, 7) is 1.36. The summed E-state index contributed by atoms with van der Waals surface area (Å²) in [4.78, 5) is 25.6. The summed E-state index contributed by atoms with van der Waals surface area (Å²) in [5.41, 5.74) is 3.85. The second kappa shape index (κ2) is 7.87. The first-order valence-electron chi connectivity index (χ1n) is 9.12. The van der Waals surface area contributed by atoms with Crippen molar-refractivity contribution < 1.29 is 14.3 Å². The van der Waals surface area contributed by atoms with Crippen LogP contribution in [0.5, 0.6) is 5.75 Å². The summed E-state index contributed by atoms with van der Waals surface area (Å²) >= 11 is 0. The normalized spacial score (nSPS) is 13.6. The monoisotopic (exact) mass is 379 g/mol. The molecule has 1 heterocycles. The lowest BCUT2D eigenvalue weighted by Gasteiger charge is -2.17. The average molecular weight is 379 g/mol. The van der Waals surface area contributed by atoms with Crippen molar-refractivity contribution in [1.82, 2.24) is 0 Å². The van der Waals surface area contributed by atoms with Crippen LogP contribution in [0.25, 0.3) is 5.70 Å². The van der Waals surface area contributed by atoms with Crippen LogP contribution in [0.1, 0.15) is 28.4 Å². The van der Waals surface area contributed by atoms with Crippen molar-refractivity contribution in [2.45, 2.75) is 6.92 Å². The molecule has 0 N–H and O–H groups in total. The molecule has 0 bridgehead atoms. The van der Waals surface area contributed by atoms with Crippen LogP contribution in [0.4, 0.5) is 5.69 Å². The second-order valence-electron chi connectivity index (χ2n) is 6.44. The number of nitrogens with zero attached hydrogens (tertiary/aromatic N) is 1. The molecule has 4 rings (SSSR count). The van der Waals surface area contributed by atoms with Crippen LogP contribution < -0.4 is 9.64 Å². The van der Waals surface area contributed by atoms with Crippen LogP contribution in [-0.2, 0) is 4.79 Å². The largest absolute Gasteiger partial charge is 0.427 e. The van der Waals surface area contributed by atoms with Crippen molar-refractivity contribution in [2.75, 3.05) is 4.90 Å². The fourth-order valence-corrected chi connectivity index (χ4v) is 3.18. The highest BCUT2D eigenvalue weighted by Crippen LogP contribution is 2.36. The first kappa shape index (κ1) is 18.3. The molecule has 1 amide bonds. The van der Waals surface area contributed by atoms with E-state index in [1.54, 1.807) is 35.2 Å². The van der Waals surface area contributed by atoms with E-state index in [9.17, 15) is 9.59 Å². The Balaban J connectivity index is 1.68. The Morgan fingerprint density at radius 1 is 0.897 bits per heavy atom. The molecule has 0 aliphatic carbocycles. The molecule has 3 aromatic carbocycles. The molecule has 0 aromatic heterocycles. The Morgan fingerprint density at radius 3 is 2.24 bits per heavy atom. The second-order valence-corrected chi connectivity index (χ2v) is 6.44. The van der Waals surface area contributed by atoms with Crippen molar-refractivity contribution in [3.05, 3.63) is 102 Å². The number of amides is 1. The van der Waals surface area contributed by atoms with Gasteiger partial charge in [-0.2, -0.15) is 0 Å². The molecule has 0 radical (unpaired) electrons. The van der Waals surface area contributed by atoms with Gasteiger partial charge in [0.15, 0.2) is 0 Å². The molecule has 0 saturated heterocycles. The van der Waals surface area contributed by atoms with Crippen molar-refractivity contribution in [1.29, 1.82) is 0 Å². The lowest BCUT2D eigenvalue weighted by molar-refractivity contribution is -0.131. The summed E-state index contributed by atoms with van der Waals surface area (Å²) in [5, 5.41) is 0. The highest BCUT2D eigenvalue weighted by Gasteiger charge is 2.32. The maximum Gasteiger partial charge on any atom is 0.308 e. The van der Waals surface area contributed by atoms with Gasteiger partial charge in [0.25, 0.3) is 5.91 Å². The third-order valence-corrected chi connectivity index (χ3v) is 4.43. The van der Waals surface area contributed by atoms with Gasteiger partial charge < -0.3 is 4.74 Å². The molecule has 0 atom stereocenters. The van der Waals surface area contributed by atoms with E-state index in [1.807, 2.05) is 54.6 Å². The Bertz CT molecular complexity index is 1170. The van der Waals surface area contributed by atoms with Crippen molar-refractivity contribution in [3.8, 4) is 17.6 Å². The van der Waals surface area contributed by atoms with Gasteiger partial charge in [-0.05, 0) is 42.5 Å². The van der Waals surface area contributed by atoms with Gasteiger partial charge in [0.2, 0.25) is 0 Å². The maximum atomic E-state index is 13.0. The number of esters is 1. The van der Waals surface area contributed by atoms with E-state index in [0.29, 0.717) is 11.3 Å². The van der Waals surface area contributed by atoms with E-state index in [-0.39, 0.29) is 11.9 Å². The molecular formula is C25H17NO3. The molecule has 4 nitrogen and oxygen atoms in total. The molecule has 0 unspecified atom stereocenters. The van der Waals surface area contributed by atoms with Crippen LogP contribution in [-0.4, -0.2) is 11.9 Å². The minimum atomic E-state index is -0.362. The predicted molar refractivity (Wildman–Crippen MR) is 112 cm³/mol. The van der Waals surface area contributed by atoms with E-state index in [1.165, 1.54) is 6.92 Å². The Morgan fingerprint density at radius 2 is 1.55 bits per heavy atom. The topological polar surface area (TPSA) is 46.6 Å². The van der Waals surface area contributed by atoms with E-state index in [0.717, 1.165) is 22.5 Å². The first-order valence-corrected chi connectivity index (χ1v) is 9.12. The van der Waals surface area contributed by atoms with Gasteiger partial charge in [0.05, 0.1) is 5.70 Å². The van der Waals surface area contributed by atoms with Gasteiger partial charge in [-0.15, -0.1) is 0 Å². The molecule has 0 spiro atoms. The van der Waals surface area contributed by atoms with E-state index < -0.39 is 0 Å². The predicted octanol–water partition coefficient (Wildman–Crippen LogP) is 4.66. The smallest absolute Gasteiger partial charge is 0.308 e. The van der Waals surface area contributed by atoms with E-state index >= 15 is 0 Å². The van der Waals surface area contributed by atoms with Gasteiger partial charge >= 0.3 is 5.97 Å². The number of hydrogen-bond donors (Lipinski definition) is 0. The lowest BCUT2D eigenvalue weighted by atomic mass is 10.1. The number of carbonyl (C=O) groups is 2. The van der Waals surface area contributed by atoms with Crippen molar-refractivity contribution >= 4 is 23.3 Å². The molecule has 1 aliphatic heterocycles. The van der Waals surface area contributed by atoms with Gasteiger partial charge in [-0.25, -0.2) is 0 Å². The van der Waals surface area contributed by atoms with Crippen LogP contribution in [0.2, 0.25) is 0 Å². The van der Waals surface area contributed by atoms with Gasteiger partial charge in [0, 0.05) is 35.4 Å². The Hall–Kier alpha value is -4.10. The number of benzene rings is 3. The summed E-state index contributed by atoms with van der Waals surface area (Å²) in [6, 6.07) is 24.0. The fourth-order valence-electron chi connectivity index (χ4n) is 3.18. The maximum absolute atomic E-state index is 13.0. The minimum Gasteiger partial charge on any atom is -0.427 e. The van der Waals surface area contributed by atoms with Gasteiger partial charge in [-0.1, -0.05) is 48.2 Å². The summed E-state index contributed by atoms with van der Waals surface area (Å²) in [6.07, 6.45) is 1.76. The standard InChI is InChI=1S/C25H17NO3/c1-18(27)29-21-16-14-19(15-17-21)8-7-13-24-22-11-5-6-12-23(22)25(28)26(24)20-9-3-2-4-10-20/h2-6,9-17H,1H3. The third-order valence-electron chi connectivity index (χ3n) is 4.43. The van der Waals surface area contributed by atoms with Gasteiger partial charge in [0.1, 0.15) is 5.75 Å². The summed E-state index contributed by atoms with van der Waals surface area (Å²) < 4.78 is 5.03. The van der Waals surface area contributed by atoms with E-state index in [2.05, 4.69) is 11.8 Å². The molecule has 3 aromatic rings. The summed E-state index contributed by atoms with van der Waals surface area (Å²) in [5.74, 6) is 6.17. The van der Waals surface area contributed by atoms with E-state index in [4.69, 9.17) is 4.74 Å². The SMILES string of the molecule is CC(=O)Oc1ccc(C#CC=C2c3ccccc3C(=O)N2c2ccccc2)cc1. The highest BCUT2D eigenvalue weighted by molar-refractivity contribution is 6.22. The Kier molecular flexibility index (Phi) is 4.96. The number of anilines is 1. The molecule has 0 saturated carbocycles. The minimum absolute atomic E-state index is 0.0643. The molecule has 0 fully saturated rings. The molecule has 4 heteroatoms. The zero-order valence-corrected chi connectivity index (χ0v) is 15.8. The number of rotatable bonds is 2. The molecule has 29 heavy (non-hydrogen) atoms. The quantitative estimate of drug-likeness (QED) is 0.369. The van der Waals surface area contributed by atoms with Crippen LogP contribution >= 0.6 is 0 Å². The zero-order valence-electron chi connectivity index (χ0n) is 15.8. The van der Waals surface area contributed by atoms with Crippen molar-refractivity contribution in [2.24, 2.45) is 0 Å². The molecular weight excluding hydrogens is 362 g/mol. The summed E-state index contributed by atoms with van der Waals surface area (Å²) in [7, 11) is 0.